The van der Waals surface area contributed by atoms with Gasteiger partial charge in [0, 0.05) is 26.4 Å². The number of aromatic nitrogens is 2. The Balaban J connectivity index is 0.00000288. The van der Waals surface area contributed by atoms with E-state index in [1.54, 1.807) is 16.2 Å². The summed E-state index contributed by atoms with van der Waals surface area (Å²) in [6, 6.07) is 3.91. The van der Waals surface area contributed by atoms with Gasteiger partial charge >= 0.3 is 0 Å². The smallest absolute Gasteiger partial charge is 0.226 e. The van der Waals surface area contributed by atoms with Gasteiger partial charge in [0.15, 0.2) is 0 Å². The van der Waals surface area contributed by atoms with Crippen LogP contribution in [0.5, 0.6) is 0 Å². The lowest BCUT2D eigenvalue weighted by atomic mass is 9.93. The van der Waals surface area contributed by atoms with Gasteiger partial charge in [-0.3, -0.25) is 4.79 Å². The number of rotatable bonds is 8. The molecule has 8 heteroatoms. The minimum absolute atomic E-state index is 0. The number of hydrogen-bond donors (Lipinski definition) is 1. The molecule has 0 bridgehead atoms. The monoisotopic (exact) mass is 372 g/mol. The van der Waals surface area contributed by atoms with Gasteiger partial charge in [0.1, 0.15) is 0 Å². The molecule has 0 aromatic carbocycles. The third kappa shape index (κ3) is 5.89. The molecule has 0 unspecified atom stereocenters. The summed E-state index contributed by atoms with van der Waals surface area (Å²) in [5.41, 5.74) is 5.65. The van der Waals surface area contributed by atoms with Gasteiger partial charge in [0.05, 0.1) is 4.88 Å². The lowest BCUT2D eigenvalue weighted by Gasteiger charge is -2.29. The molecule has 2 heterocycles. The van der Waals surface area contributed by atoms with Gasteiger partial charge in [-0.15, -0.1) is 23.7 Å². The number of nitrogens with zero attached hydrogens (tertiary/aromatic N) is 3. The normalized spacial score (nSPS) is 11.2. The second-order valence-electron chi connectivity index (χ2n) is 6.46. The topological polar surface area (TPSA) is 85.2 Å². The number of carbonyl (C=O) groups excluding carboxylic acids is 1. The molecule has 0 fully saturated rings. The van der Waals surface area contributed by atoms with E-state index in [4.69, 9.17) is 10.3 Å². The van der Waals surface area contributed by atoms with Gasteiger partial charge < -0.3 is 15.2 Å². The van der Waals surface area contributed by atoms with Crippen molar-refractivity contribution in [2.45, 2.75) is 33.1 Å². The molecule has 2 rings (SSSR count). The van der Waals surface area contributed by atoms with Crippen molar-refractivity contribution < 1.29 is 9.32 Å². The highest BCUT2D eigenvalue weighted by atomic mass is 35.5. The van der Waals surface area contributed by atoms with Crippen LogP contribution in [0.3, 0.4) is 0 Å². The van der Waals surface area contributed by atoms with Gasteiger partial charge in [-0.05, 0) is 29.8 Å². The molecule has 0 aliphatic rings. The van der Waals surface area contributed by atoms with Gasteiger partial charge in [0.2, 0.25) is 17.6 Å². The Labute approximate surface area is 152 Å². The van der Waals surface area contributed by atoms with Crippen molar-refractivity contribution in [1.82, 2.24) is 15.0 Å². The number of hydrogen-bond acceptors (Lipinski definition) is 6. The molecule has 0 saturated carbocycles. The largest absolute Gasteiger partial charge is 0.345 e. The van der Waals surface area contributed by atoms with Crippen LogP contribution >= 0.6 is 23.7 Å². The first-order valence-corrected chi connectivity index (χ1v) is 8.60. The first kappa shape index (κ1) is 20.6. The molecule has 0 radical (unpaired) electrons. The summed E-state index contributed by atoms with van der Waals surface area (Å²) >= 11 is 1.57. The third-order valence-corrected chi connectivity index (χ3v) is 4.50. The van der Waals surface area contributed by atoms with E-state index in [0.29, 0.717) is 44.1 Å². The van der Waals surface area contributed by atoms with E-state index in [1.165, 1.54) is 0 Å². The zero-order valence-corrected chi connectivity index (χ0v) is 16.0. The lowest BCUT2D eigenvalue weighted by molar-refractivity contribution is -0.131. The van der Waals surface area contributed by atoms with Crippen LogP contribution < -0.4 is 5.73 Å². The molecule has 2 aromatic heterocycles. The zero-order chi connectivity index (χ0) is 16.9. The van der Waals surface area contributed by atoms with Crippen molar-refractivity contribution in [2.75, 3.05) is 20.1 Å². The van der Waals surface area contributed by atoms with E-state index in [2.05, 4.69) is 24.0 Å². The first-order chi connectivity index (χ1) is 10.9. The van der Waals surface area contributed by atoms with Gasteiger partial charge in [0.25, 0.3) is 0 Å². The van der Waals surface area contributed by atoms with Gasteiger partial charge in [-0.2, -0.15) is 4.98 Å². The van der Waals surface area contributed by atoms with Crippen LogP contribution in [-0.4, -0.2) is 41.1 Å². The average Bonchev–Trinajstić information content (AvgIpc) is 3.17. The molecular formula is C16H25ClN4O2S. The van der Waals surface area contributed by atoms with Crippen LogP contribution in [0.4, 0.5) is 0 Å². The Morgan fingerprint density at radius 3 is 2.83 bits per heavy atom. The van der Waals surface area contributed by atoms with E-state index in [9.17, 15) is 4.79 Å². The molecule has 2 aromatic rings. The minimum Gasteiger partial charge on any atom is -0.345 e. The number of halogens is 1. The third-order valence-electron chi connectivity index (χ3n) is 3.63. The molecular weight excluding hydrogens is 348 g/mol. The fraction of sp³-hybridized carbons (Fsp3) is 0.562. The highest BCUT2D eigenvalue weighted by Gasteiger charge is 2.21. The highest BCUT2D eigenvalue weighted by molar-refractivity contribution is 7.13. The van der Waals surface area contributed by atoms with E-state index in [1.807, 2.05) is 24.6 Å². The number of nitrogens with two attached hydrogens (primary N) is 1. The lowest BCUT2D eigenvalue weighted by Crippen LogP contribution is -2.39. The van der Waals surface area contributed by atoms with Crippen molar-refractivity contribution >= 4 is 29.7 Å². The molecule has 24 heavy (non-hydrogen) atoms. The van der Waals surface area contributed by atoms with Crippen LogP contribution in [-0.2, 0) is 11.2 Å². The minimum atomic E-state index is -0.0630. The number of aryl methyl sites for hydroxylation is 1. The number of thiophene rings is 1. The second-order valence-corrected chi connectivity index (χ2v) is 7.41. The van der Waals surface area contributed by atoms with Gasteiger partial charge in [-0.1, -0.05) is 25.1 Å². The van der Waals surface area contributed by atoms with Crippen LogP contribution in [0.15, 0.2) is 22.0 Å². The molecule has 1 amide bonds. The summed E-state index contributed by atoms with van der Waals surface area (Å²) in [5.74, 6) is 1.30. The molecule has 2 N–H and O–H groups in total. The Kier molecular flexibility index (Phi) is 7.86. The maximum Gasteiger partial charge on any atom is 0.226 e. The van der Waals surface area contributed by atoms with E-state index in [-0.39, 0.29) is 23.7 Å². The predicted octanol–water partition coefficient (Wildman–Crippen LogP) is 2.99. The maximum atomic E-state index is 12.1. The highest BCUT2D eigenvalue weighted by Crippen LogP contribution is 2.21. The summed E-state index contributed by atoms with van der Waals surface area (Å²) in [4.78, 5) is 19.2. The fourth-order valence-corrected chi connectivity index (χ4v) is 2.89. The average molecular weight is 373 g/mol. The number of amides is 1. The molecule has 0 spiro atoms. The standard InChI is InChI=1S/C16H24N4O2S.ClH/c1-16(2,10-17)11-20(3)14(21)8-4-7-13-18-15(19-22-13)12-6-5-9-23-12;/h5-6,9H,4,7-8,10-11,17H2,1-3H3;1H. The molecule has 0 atom stereocenters. The zero-order valence-electron chi connectivity index (χ0n) is 14.3. The van der Waals surface area contributed by atoms with E-state index < -0.39 is 0 Å². The van der Waals surface area contributed by atoms with Crippen LogP contribution in [0.2, 0.25) is 0 Å². The van der Waals surface area contributed by atoms with Crippen molar-refractivity contribution in [2.24, 2.45) is 11.1 Å². The summed E-state index contributed by atoms with van der Waals surface area (Å²) in [7, 11) is 1.82. The Morgan fingerprint density at radius 2 is 2.21 bits per heavy atom. The molecule has 134 valence electrons. The number of carbonyl (C=O) groups is 1. The summed E-state index contributed by atoms with van der Waals surface area (Å²) in [5, 5.41) is 5.94. The molecule has 6 nitrogen and oxygen atoms in total. The van der Waals surface area contributed by atoms with Gasteiger partial charge in [-0.25, -0.2) is 0 Å². The van der Waals surface area contributed by atoms with E-state index >= 15 is 0 Å². The van der Waals surface area contributed by atoms with Crippen molar-refractivity contribution in [3.63, 3.8) is 0 Å². The second kappa shape index (κ2) is 9.15. The van der Waals surface area contributed by atoms with E-state index in [0.717, 1.165) is 4.88 Å². The first-order valence-electron chi connectivity index (χ1n) is 7.72. The Morgan fingerprint density at radius 1 is 1.46 bits per heavy atom. The Bertz CT molecular complexity index is 628. The van der Waals surface area contributed by atoms with Crippen LogP contribution in [0, 0.1) is 5.41 Å². The molecule has 0 saturated heterocycles. The predicted molar refractivity (Wildman–Crippen MR) is 98.3 cm³/mol. The fourth-order valence-electron chi connectivity index (χ4n) is 2.24. The van der Waals surface area contributed by atoms with Crippen LogP contribution in [0.1, 0.15) is 32.6 Å². The van der Waals surface area contributed by atoms with Crippen molar-refractivity contribution in [1.29, 1.82) is 0 Å². The van der Waals surface area contributed by atoms with Crippen molar-refractivity contribution in [3.8, 4) is 10.7 Å². The SMILES string of the molecule is CN(CC(C)(C)CN)C(=O)CCCc1nc(-c2cccs2)no1.Cl. The maximum absolute atomic E-state index is 12.1. The van der Waals surface area contributed by atoms with Crippen molar-refractivity contribution in [3.05, 3.63) is 23.4 Å². The summed E-state index contributed by atoms with van der Waals surface area (Å²) in [6.07, 6.45) is 1.77. The molecule has 0 aliphatic heterocycles. The summed E-state index contributed by atoms with van der Waals surface area (Å²) < 4.78 is 5.23. The Hall–Kier alpha value is -1.44. The molecule has 0 aliphatic carbocycles. The quantitative estimate of drug-likeness (QED) is 0.769. The van der Waals surface area contributed by atoms with Crippen LogP contribution in [0.25, 0.3) is 10.7 Å². The summed E-state index contributed by atoms with van der Waals surface area (Å²) in [6.45, 7) is 5.33.